The van der Waals surface area contributed by atoms with Crippen LogP contribution in [0.25, 0.3) is 11.0 Å². The first-order valence-electron chi connectivity index (χ1n) is 15.2. The number of imidazole rings is 2. The second kappa shape index (κ2) is 14.0. The van der Waals surface area contributed by atoms with Crippen molar-refractivity contribution >= 4 is 28.6 Å². The zero-order valence-corrected chi connectivity index (χ0v) is 26.3. The van der Waals surface area contributed by atoms with Crippen LogP contribution in [0.4, 0.5) is 13.2 Å². The van der Waals surface area contributed by atoms with Crippen LogP contribution in [0.2, 0.25) is 5.02 Å². The second-order valence-electron chi connectivity index (χ2n) is 11.3. The van der Waals surface area contributed by atoms with Gasteiger partial charge in [-0.2, -0.15) is 0 Å². The summed E-state index contributed by atoms with van der Waals surface area (Å²) in [5, 5.41) is 9.53. The molecule has 3 aromatic heterocycles. The maximum Gasteiger partial charge on any atom is 0.307 e. The molecule has 246 valence electrons. The lowest BCUT2D eigenvalue weighted by atomic mass is 10.1. The first-order valence-corrected chi connectivity index (χ1v) is 15.5. The van der Waals surface area contributed by atoms with E-state index in [4.69, 9.17) is 21.1 Å². The fourth-order valence-electron chi connectivity index (χ4n) is 5.71. The Morgan fingerprint density at radius 1 is 1.02 bits per heavy atom. The molecule has 0 spiro atoms. The molecule has 0 unspecified atom stereocenters. The third kappa shape index (κ3) is 7.52. The Morgan fingerprint density at radius 3 is 2.57 bits per heavy atom. The summed E-state index contributed by atoms with van der Waals surface area (Å²) in [5.41, 5.74) is 1.98. The predicted octanol–water partition coefficient (Wildman–Crippen LogP) is 6.02. The number of aromatic nitrogens is 5. The van der Waals surface area contributed by atoms with Crippen LogP contribution < -0.4 is 9.47 Å². The number of nitrogens with zero attached hydrogens (tertiary/aromatic N) is 6. The number of carboxylic acid groups (broad SMARTS) is 1. The number of carbonyl (C=O) groups is 1. The van der Waals surface area contributed by atoms with E-state index in [-0.39, 0.29) is 47.0 Å². The Morgan fingerprint density at radius 2 is 1.83 bits per heavy atom. The van der Waals surface area contributed by atoms with Crippen LogP contribution in [-0.4, -0.2) is 59.3 Å². The maximum atomic E-state index is 15.2. The van der Waals surface area contributed by atoms with E-state index in [9.17, 15) is 18.7 Å². The topological polar surface area (TPSA) is 108 Å². The van der Waals surface area contributed by atoms with Crippen LogP contribution in [-0.2, 0) is 37.5 Å². The van der Waals surface area contributed by atoms with Crippen molar-refractivity contribution in [2.24, 2.45) is 0 Å². The highest BCUT2D eigenvalue weighted by Gasteiger charge is 2.25. The summed E-state index contributed by atoms with van der Waals surface area (Å²) in [6, 6.07) is 9.57. The molecule has 0 bridgehead atoms. The lowest BCUT2D eigenvalue weighted by Gasteiger charge is -2.31. The molecule has 0 atom stereocenters. The van der Waals surface area contributed by atoms with Gasteiger partial charge in [0, 0.05) is 36.9 Å². The molecule has 1 aliphatic rings. The van der Waals surface area contributed by atoms with E-state index in [0.29, 0.717) is 62.5 Å². The number of hydrogen-bond acceptors (Lipinski definition) is 7. The number of halogens is 4. The van der Waals surface area contributed by atoms with Crippen molar-refractivity contribution in [2.45, 2.75) is 58.5 Å². The van der Waals surface area contributed by atoms with Gasteiger partial charge in [0.15, 0.2) is 17.4 Å². The average molecular weight is 669 g/mol. The number of aryl methyl sites for hydroxylation is 1. The number of likely N-dealkylation sites (tertiary alicyclic amines) is 1. The molecular weight excluding hydrogens is 637 g/mol. The first-order chi connectivity index (χ1) is 22.7. The molecular formula is C33H32ClF3N6O4. The summed E-state index contributed by atoms with van der Waals surface area (Å²) < 4.78 is 59.2. The Bertz CT molecular complexity index is 1910. The predicted molar refractivity (Wildman–Crippen MR) is 167 cm³/mol. The number of pyridine rings is 1. The molecule has 4 heterocycles. The molecule has 1 N–H and O–H groups in total. The van der Waals surface area contributed by atoms with Gasteiger partial charge in [0.1, 0.15) is 35.6 Å². The fraction of sp³-hybridized carbons (Fsp3) is 0.333. The summed E-state index contributed by atoms with van der Waals surface area (Å²) in [4.78, 5) is 26.7. The lowest BCUT2D eigenvalue weighted by Crippen LogP contribution is -2.38. The van der Waals surface area contributed by atoms with Crippen molar-refractivity contribution in [3.8, 4) is 11.6 Å². The lowest BCUT2D eigenvalue weighted by molar-refractivity contribution is -0.136. The maximum absolute atomic E-state index is 15.2. The number of benzene rings is 2. The molecule has 2 aromatic carbocycles. The third-order valence-electron chi connectivity index (χ3n) is 8.10. The minimum atomic E-state index is -1.04. The van der Waals surface area contributed by atoms with Crippen molar-refractivity contribution in [1.82, 2.24) is 29.0 Å². The van der Waals surface area contributed by atoms with Gasteiger partial charge in [-0.25, -0.2) is 28.1 Å². The van der Waals surface area contributed by atoms with Gasteiger partial charge >= 0.3 is 5.97 Å². The number of rotatable bonds is 12. The van der Waals surface area contributed by atoms with Crippen LogP contribution in [0.3, 0.4) is 0 Å². The van der Waals surface area contributed by atoms with E-state index in [0.717, 1.165) is 11.8 Å². The van der Waals surface area contributed by atoms with E-state index in [2.05, 4.69) is 19.9 Å². The van der Waals surface area contributed by atoms with Crippen molar-refractivity contribution in [1.29, 1.82) is 0 Å². The standard InChI is InChI=1S/C33H32ClF3N6O4/c1-2-42-19-38-15-22(42)16-43-28-12-20(13-32(44)45)11-26(37)33(28)40-30(43)17-41-9-7-23(8-10-41)47-31-6-4-24(35)27(39-31)18-46-29-5-3-21(34)14-25(29)36/h3-6,11-12,14-15,19,23H,2,7-10,13,16-18H2,1H3,(H,44,45). The van der Waals surface area contributed by atoms with Crippen molar-refractivity contribution < 1.29 is 32.5 Å². The summed E-state index contributed by atoms with van der Waals surface area (Å²) in [5.74, 6) is -2.05. The first kappa shape index (κ1) is 32.3. The number of ether oxygens (including phenoxy) is 2. The summed E-state index contributed by atoms with van der Waals surface area (Å²) in [6.45, 7) is 4.56. The highest BCUT2D eigenvalue weighted by atomic mass is 35.5. The largest absolute Gasteiger partial charge is 0.484 e. The van der Waals surface area contributed by atoms with E-state index in [1.54, 1.807) is 18.6 Å². The zero-order chi connectivity index (χ0) is 33.1. The molecule has 0 amide bonds. The number of aliphatic carboxylic acids is 1. The molecule has 1 aliphatic heterocycles. The highest BCUT2D eigenvalue weighted by Crippen LogP contribution is 2.27. The van der Waals surface area contributed by atoms with Gasteiger partial charge in [0.05, 0.1) is 37.0 Å². The minimum Gasteiger partial charge on any atom is -0.484 e. The van der Waals surface area contributed by atoms with Crippen molar-refractivity contribution in [2.75, 3.05) is 13.1 Å². The normalized spacial score (nSPS) is 14.1. The Hall–Kier alpha value is -4.62. The number of piperidine rings is 1. The van der Waals surface area contributed by atoms with Gasteiger partial charge in [-0.3, -0.25) is 9.69 Å². The highest BCUT2D eigenvalue weighted by molar-refractivity contribution is 6.30. The molecule has 14 heteroatoms. The quantitative estimate of drug-likeness (QED) is 0.172. The van der Waals surface area contributed by atoms with E-state index in [1.165, 1.54) is 30.3 Å². The SMILES string of the molecule is CCn1cncc1Cn1c(CN2CCC(Oc3ccc(F)c(COc4ccc(Cl)cc4F)n3)CC2)nc2c(F)cc(CC(=O)O)cc21. The number of hydrogen-bond donors (Lipinski definition) is 1. The summed E-state index contributed by atoms with van der Waals surface area (Å²) in [6.07, 6.45) is 4.32. The monoisotopic (exact) mass is 668 g/mol. The van der Waals surface area contributed by atoms with Gasteiger partial charge < -0.3 is 23.7 Å². The average Bonchev–Trinajstić information content (AvgIpc) is 3.63. The van der Waals surface area contributed by atoms with Crippen LogP contribution in [0.5, 0.6) is 11.6 Å². The minimum absolute atomic E-state index is 0.0173. The molecule has 1 fully saturated rings. The van der Waals surface area contributed by atoms with E-state index in [1.807, 2.05) is 16.1 Å². The molecule has 6 rings (SSSR count). The van der Waals surface area contributed by atoms with Gasteiger partial charge in [0.25, 0.3) is 0 Å². The Kier molecular flexibility index (Phi) is 9.64. The molecule has 1 saturated heterocycles. The molecule has 0 saturated carbocycles. The van der Waals surface area contributed by atoms with Crippen LogP contribution >= 0.6 is 11.6 Å². The van der Waals surface area contributed by atoms with Crippen molar-refractivity contribution in [3.63, 3.8) is 0 Å². The van der Waals surface area contributed by atoms with E-state index < -0.39 is 23.4 Å². The molecule has 10 nitrogen and oxygen atoms in total. The number of fused-ring (bicyclic) bond motifs is 1. The van der Waals surface area contributed by atoms with Gasteiger partial charge in [-0.1, -0.05) is 11.6 Å². The smallest absolute Gasteiger partial charge is 0.307 e. The number of carboxylic acids is 1. The summed E-state index contributed by atoms with van der Waals surface area (Å²) >= 11 is 5.78. The fourth-order valence-corrected chi connectivity index (χ4v) is 5.87. The van der Waals surface area contributed by atoms with Crippen LogP contribution in [0.1, 0.15) is 42.5 Å². The van der Waals surface area contributed by atoms with Crippen LogP contribution in [0.15, 0.2) is 55.0 Å². The molecule has 0 radical (unpaired) electrons. The molecule has 5 aromatic rings. The van der Waals surface area contributed by atoms with Crippen molar-refractivity contribution in [3.05, 3.63) is 100 Å². The molecule has 47 heavy (non-hydrogen) atoms. The Labute approximate surface area is 273 Å². The van der Waals surface area contributed by atoms with Gasteiger partial charge in [-0.15, -0.1) is 0 Å². The van der Waals surface area contributed by atoms with E-state index >= 15 is 4.39 Å². The molecule has 0 aliphatic carbocycles. The van der Waals surface area contributed by atoms with Gasteiger partial charge in [0.2, 0.25) is 5.88 Å². The third-order valence-corrected chi connectivity index (χ3v) is 8.33. The van der Waals surface area contributed by atoms with Gasteiger partial charge in [-0.05, 0) is 61.7 Å². The second-order valence-corrected chi connectivity index (χ2v) is 11.8. The zero-order valence-electron chi connectivity index (χ0n) is 25.5. The summed E-state index contributed by atoms with van der Waals surface area (Å²) in [7, 11) is 0. The Balaban J connectivity index is 1.13. The van der Waals surface area contributed by atoms with Crippen LogP contribution in [0, 0.1) is 17.5 Å².